The number of hydrogen-bond acceptors (Lipinski definition) is 7. The quantitative estimate of drug-likeness (QED) is 0.413. The summed E-state index contributed by atoms with van der Waals surface area (Å²) in [7, 11) is 0. The minimum atomic E-state index is -1.11. The number of carbonyl (C=O) groups excluding carboxylic acids is 1. The third kappa shape index (κ3) is 6.02. The zero-order chi connectivity index (χ0) is 25.9. The van der Waals surface area contributed by atoms with E-state index in [4.69, 9.17) is 13.9 Å². The summed E-state index contributed by atoms with van der Waals surface area (Å²) in [5, 5.41) is 12.7. The standard InChI is InChI=1S/C27H29NO7S/c1-16-11-23(30)34-25-18-9-10-27(2,3)35-20(18)12-21(24(16)25)33-13-22(29)28-19(26(31)32)15-36-14-17-7-5-4-6-8-17/h4-8,11-12,19H,9-10,13-15H2,1-3H3,(H,28,29)(H,31,32)/t19-/m0/s1. The number of carboxylic acids is 1. The summed E-state index contributed by atoms with van der Waals surface area (Å²) in [5.74, 6) is 0.0530. The highest BCUT2D eigenvalue weighted by molar-refractivity contribution is 7.98. The lowest BCUT2D eigenvalue weighted by atomic mass is 9.92. The predicted molar refractivity (Wildman–Crippen MR) is 138 cm³/mol. The largest absolute Gasteiger partial charge is 0.487 e. The van der Waals surface area contributed by atoms with Crippen molar-refractivity contribution in [1.29, 1.82) is 0 Å². The molecule has 1 aliphatic heterocycles. The zero-order valence-electron chi connectivity index (χ0n) is 20.5. The molecule has 1 atom stereocenters. The van der Waals surface area contributed by atoms with Crippen molar-refractivity contribution in [1.82, 2.24) is 5.32 Å². The summed E-state index contributed by atoms with van der Waals surface area (Å²) < 4.78 is 17.5. The number of ether oxygens (including phenoxy) is 2. The molecule has 2 N–H and O–H groups in total. The van der Waals surface area contributed by atoms with Crippen LogP contribution in [0.5, 0.6) is 11.5 Å². The van der Waals surface area contributed by atoms with E-state index in [0.29, 0.717) is 40.2 Å². The normalized spacial score (nSPS) is 15.0. The molecule has 0 saturated carbocycles. The van der Waals surface area contributed by atoms with E-state index in [0.717, 1.165) is 17.5 Å². The second-order valence-electron chi connectivity index (χ2n) is 9.41. The van der Waals surface area contributed by atoms with Gasteiger partial charge in [0.1, 0.15) is 28.7 Å². The average Bonchev–Trinajstić information content (AvgIpc) is 2.81. The SMILES string of the molecule is Cc1cc(=O)oc2c3c(cc(OCC(=O)N[C@@H](CSCc4ccccc4)C(=O)O)c12)OC(C)(C)CC3. The van der Waals surface area contributed by atoms with Gasteiger partial charge in [0, 0.05) is 29.2 Å². The molecule has 36 heavy (non-hydrogen) atoms. The molecule has 190 valence electrons. The topological polar surface area (TPSA) is 115 Å². The van der Waals surface area contributed by atoms with Crippen molar-refractivity contribution in [2.24, 2.45) is 0 Å². The molecule has 1 amide bonds. The third-order valence-electron chi connectivity index (χ3n) is 5.99. The maximum atomic E-state index is 12.6. The van der Waals surface area contributed by atoms with Crippen LogP contribution in [0.3, 0.4) is 0 Å². The van der Waals surface area contributed by atoms with Gasteiger partial charge in [0.2, 0.25) is 0 Å². The summed E-state index contributed by atoms with van der Waals surface area (Å²) in [5.41, 5.74) is 2.05. The van der Waals surface area contributed by atoms with Crippen LogP contribution in [-0.2, 0) is 21.8 Å². The van der Waals surface area contributed by atoms with Crippen molar-refractivity contribution in [2.75, 3.05) is 12.4 Å². The Labute approximate surface area is 213 Å². The number of aryl methyl sites for hydroxylation is 2. The summed E-state index contributed by atoms with van der Waals surface area (Å²) in [6.45, 7) is 5.32. The average molecular weight is 512 g/mol. The second kappa shape index (κ2) is 10.7. The van der Waals surface area contributed by atoms with E-state index in [9.17, 15) is 19.5 Å². The van der Waals surface area contributed by atoms with Gasteiger partial charge in [0.15, 0.2) is 6.61 Å². The molecule has 2 aromatic carbocycles. The Morgan fingerprint density at radius 3 is 2.69 bits per heavy atom. The molecule has 8 nitrogen and oxygen atoms in total. The summed E-state index contributed by atoms with van der Waals surface area (Å²) >= 11 is 1.42. The Bertz CT molecular complexity index is 1330. The van der Waals surface area contributed by atoms with Gasteiger partial charge in [0.05, 0.1) is 5.39 Å². The monoisotopic (exact) mass is 511 g/mol. The van der Waals surface area contributed by atoms with E-state index in [1.807, 2.05) is 44.2 Å². The van der Waals surface area contributed by atoms with E-state index in [1.54, 1.807) is 13.0 Å². The van der Waals surface area contributed by atoms with Crippen LogP contribution in [0.1, 0.15) is 37.0 Å². The van der Waals surface area contributed by atoms with Crippen molar-refractivity contribution >= 4 is 34.6 Å². The number of hydrogen-bond donors (Lipinski definition) is 2. The van der Waals surface area contributed by atoms with Crippen molar-refractivity contribution in [3.63, 3.8) is 0 Å². The van der Waals surface area contributed by atoms with Gasteiger partial charge in [-0.15, -0.1) is 0 Å². The molecule has 4 rings (SSSR count). The fourth-order valence-corrected chi connectivity index (χ4v) is 5.16. The Hall–Kier alpha value is -3.46. The molecule has 0 bridgehead atoms. The van der Waals surface area contributed by atoms with Crippen molar-refractivity contribution in [2.45, 2.75) is 51.0 Å². The minimum absolute atomic E-state index is 0.213. The van der Waals surface area contributed by atoms with E-state index in [-0.39, 0.29) is 5.75 Å². The van der Waals surface area contributed by atoms with E-state index < -0.39 is 35.8 Å². The van der Waals surface area contributed by atoms with Crippen LogP contribution in [-0.4, -0.2) is 41.0 Å². The van der Waals surface area contributed by atoms with E-state index in [1.165, 1.54) is 17.8 Å². The van der Waals surface area contributed by atoms with Gasteiger partial charge < -0.3 is 24.3 Å². The molecule has 9 heteroatoms. The number of thioether (sulfide) groups is 1. The van der Waals surface area contributed by atoms with Crippen LogP contribution >= 0.6 is 11.8 Å². The predicted octanol–water partition coefficient (Wildman–Crippen LogP) is 4.09. The molecule has 0 radical (unpaired) electrons. The van der Waals surface area contributed by atoms with Crippen molar-refractivity contribution in [3.05, 3.63) is 69.6 Å². The summed E-state index contributed by atoms with van der Waals surface area (Å²) in [4.78, 5) is 36.4. The van der Waals surface area contributed by atoms with Gasteiger partial charge in [0.25, 0.3) is 5.91 Å². The number of nitrogens with one attached hydrogen (secondary N) is 1. The number of carboxylic acid groups (broad SMARTS) is 1. The minimum Gasteiger partial charge on any atom is -0.487 e. The lowest BCUT2D eigenvalue weighted by Crippen LogP contribution is -2.44. The van der Waals surface area contributed by atoms with Crippen LogP contribution in [0.2, 0.25) is 0 Å². The number of carbonyl (C=O) groups is 2. The first-order valence-corrected chi connectivity index (χ1v) is 12.8. The Balaban J connectivity index is 1.47. The highest BCUT2D eigenvalue weighted by Crippen LogP contribution is 2.42. The van der Waals surface area contributed by atoms with E-state index in [2.05, 4.69) is 5.32 Å². The number of benzene rings is 2. The van der Waals surface area contributed by atoms with Crippen LogP contribution in [0, 0.1) is 6.92 Å². The van der Waals surface area contributed by atoms with Crippen LogP contribution in [0.4, 0.5) is 0 Å². The van der Waals surface area contributed by atoms with Gasteiger partial charge >= 0.3 is 11.6 Å². The maximum Gasteiger partial charge on any atom is 0.336 e. The lowest BCUT2D eigenvalue weighted by molar-refractivity contribution is -0.141. The lowest BCUT2D eigenvalue weighted by Gasteiger charge is -2.33. The fourth-order valence-electron chi connectivity index (χ4n) is 4.16. The number of amides is 1. The van der Waals surface area contributed by atoms with Crippen molar-refractivity contribution in [3.8, 4) is 11.5 Å². The van der Waals surface area contributed by atoms with Gasteiger partial charge in [-0.3, -0.25) is 4.79 Å². The Morgan fingerprint density at radius 1 is 1.22 bits per heavy atom. The van der Waals surface area contributed by atoms with Crippen LogP contribution in [0.15, 0.2) is 51.7 Å². The summed E-state index contributed by atoms with van der Waals surface area (Å²) in [6.07, 6.45) is 1.43. The first-order valence-electron chi connectivity index (χ1n) is 11.7. The van der Waals surface area contributed by atoms with Gasteiger partial charge in [-0.25, -0.2) is 9.59 Å². The smallest absolute Gasteiger partial charge is 0.336 e. The molecule has 1 aromatic heterocycles. The molecular formula is C27H29NO7S. The molecule has 0 unspecified atom stereocenters. The molecule has 0 fully saturated rings. The van der Waals surface area contributed by atoms with Crippen LogP contribution in [0.25, 0.3) is 11.0 Å². The van der Waals surface area contributed by atoms with E-state index >= 15 is 0 Å². The third-order valence-corrected chi connectivity index (χ3v) is 7.10. The Kier molecular flexibility index (Phi) is 7.59. The molecule has 2 heterocycles. The highest BCUT2D eigenvalue weighted by Gasteiger charge is 2.30. The molecule has 0 spiro atoms. The summed E-state index contributed by atoms with van der Waals surface area (Å²) in [6, 6.07) is 11.7. The second-order valence-corrected chi connectivity index (χ2v) is 10.4. The number of fused-ring (bicyclic) bond motifs is 3. The van der Waals surface area contributed by atoms with Crippen molar-refractivity contribution < 1.29 is 28.6 Å². The van der Waals surface area contributed by atoms with Gasteiger partial charge in [-0.2, -0.15) is 11.8 Å². The maximum absolute atomic E-state index is 12.6. The molecule has 1 aliphatic rings. The number of aliphatic carboxylic acids is 1. The van der Waals surface area contributed by atoms with Gasteiger partial charge in [-0.05, 0) is 44.7 Å². The van der Waals surface area contributed by atoms with Gasteiger partial charge in [-0.1, -0.05) is 30.3 Å². The number of rotatable bonds is 9. The highest BCUT2D eigenvalue weighted by atomic mass is 32.2. The first-order chi connectivity index (χ1) is 17.1. The molecule has 0 aliphatic carbocycles. The molecule has 0 saturated heterocycles. The first kappa shape index (κ1) is 25.6. The molecule has 3 aromatic rings. The van der Waals surface area contributed by atoms with Crippen LogP contribution < -0.4 is 20.4 Å². The zero-order valence-corrected chi connectivity index (χ0v) is 21.3. The molecular weight excluding hydrogens is 482 g/mol. The Morgan fingerprint density at radius 2 is 1.97 bits per heavy atom. The fraction of sp³-hybridized carbons (Fsp3) is 0.370.